The fourth-order valence-corrected chi connectivity index (χ4v) is 2.37. The standard InChI is InChI=1S/C16H21NO6/c1-3-21-12-6-4-5-7-13(12)22-10-15(18)17-8-11(2)23-14(9-17)16(19)20/h4-7,11,14H,3,8-10H2,1-2H3,(H,19,20)/t11-,14?/m1/s1. The zero-order valence-electron chi connectivity index (χ0n) is 13.2. The molecule has 0 saturated carbocycles. The number of benzene rings is 1. The van der Waals surface area contributed by atoms with Crippen LogP contribution in [0.25, 0.3) is 0 Å². The van der Waals surface area contributed by atoms with E-state index in [-0.39, 0.29) is 25.2 Å². The van der Waals surface area contributed by atoms with E-state index < -0.39 is 12.1 Å². The molecule has 23 heavy (non-hydrogen) atoms. The molecule has 2 atom stereocenters. The summed E-state index contributed by atoms with van der Waals surface area (Å²) < 4.78 is 16.3. The maximum absolute atomic E-state index is 12.3. The van der Waals surface area contributed by atoms with Crippen molar-refractivity contribution in [2.75, 3.05) is 26.3 Å². The Bertz CT molecular complexity index is 561. The largest absolute Gasteiger partial charge is 0.490 e. The Hall–Kier alpha value is -2.28. The number of hydrogen-bond acceptors (Lipinski definition) is 5. The van der Waals surface area contributed by atoms with Crippen molar-refractivity contribution in [2.24, 2.45) is 0 Å². The molecule has 1 amide bonds. The fourth-order valence-electron chi connectivity index (χ4n) is 2.37. The van der Waals surface area contributed by atoms with Crippen molar-refractivity contribution in [1.29, 1.82) is 0 Å². The third-order valence-corrected chi connectivity index (χ3v) is 3.39. The van der Waals surface area contributed by atoms with Crippen LogP contribution < -0.4 is 9.47 Å². The third-order valence-electron chi connectivity index (χ3n) is 3.39. The predicted molar refractivity (Wildman–Crippen MR) is 81.7 cm³/mol. The summed E-state index contributed by atoms with van der Waals surface area (Å²) in [7, 11) is 0. The highest BCUT2D eigenvalue weighted by molar-refractivity contribution is 5.80. The van der Waals surface area contributed by atoms with E-state index in [1.54, 1.807) is 25.1 Å². The normalized spacial score (nSPS) is 20.9. The maximum Gasteiger partial charge on any atom is 0.334 e. The lowest BCUT2D eigenvalue weighted by Gasteiger charge is -2.34. The molecule has 1 aliphatic heterocycles. The summed E-state index contributed by atoms with van der Waals surface area (Å²) in [5, 5.41) is 9.05. The van der Waals surface area contributed by atoms with Crippen molar-refractivity contribution in [3.05, 3.63) is 24.3 Å². The van der Waals surface area contributed by atoms with Crippen LogP contribution in [0, 0.1) is 0 Å². The number of amides is 1. The van der Waals surface area contributed by atoms with Crippen molar-refractivity contribution in [3.63, 3.8) is 0 Å². The molecule has 1 aromatic rings. The van der Waals surface area contributed by atoms with Gasteiger partial charge in [0.15, 0.2) is 24.2 Å². The van der Waals surface area contributed by atoms with Gasteiger partial charge in [-0.1, -0.05) is 12.1 Å². The number of ether oxygens (including phenoxy) is 3. The first-order valence-electron chi connectivity index (χ1n) is 7.52. The van der Waals surface area contributed by atoms with E-state index in [1.165, 1.54) is 4.90 Å². The van der Waals surface area contributed by atoms with Crippen LogP contribution in [0.4, 0.5) is 0 Å². The van der Waals surface area contributed by atoms with E-state index in [0.29, 0.717) is 24.7 Å². The van der Waals surface area contributed by atoms with E-state index >= 15 is 0 Å². The highest BCUT2D eigenvalue weighted by Crippen LogP contribution is 2.26. The summed E-state index contributed by atoms with van der Waals surface area (Å²) >= 11 is 0. The average molecular weight is 323 g/mol. The number of rotatable bonds is 6. The van der Waals surface area contributed by atoms with Gasteiger partial charge in [0.05, 0.1) is 19.3 Å². The summed E-state index contributed by atoms with van der Waals surface area (Å²) in [6, 6.07) is 7.10. The molecule has 0 radical (unpaired) electrons. The number of nitrogens with zero attached hydrogens (tertiary/aromatic N) is 1. The number of hydrogen-bond donors (Lipinski definition) is 1. The lowest BCUT2D eigenvalue weighted by molar-refractivity contribution is -0.167. The van der Waals surface area contributed by atoms with Crippen LogP contribution in [0.1, 0.15) is 13.8 Å². The smallest absolute Gasteiger partial charge is 0.334 e. The molecule has 7 heteroatoms. The van der Waals surface area contributed by atoms with E-state index in [4.69, 9.17) is 19.3 Å². The van der Waals surface area contributed by atoms with Crippen molar-refractivity contribution < 1.29 is 28.9 Å². The molecular weight excluding hydrogens is 302 g/mol. The van der Waals surface area contributed by atoms with E-state index in [0.717, 1.165) is 0 Å². The molecule has 126 valence electrons. The van der Waals surface area contributed by atoms with Crippen LogP contribution in [0.5, 0.6) is 11.5 Å². The molecular formula is C16H21NO6. The summed E-state index contributed by atoms with van der Waals surface area (Å²) in [6.45, 7) is 4.29. The Morgan fingerprint density at radius 1 is 1.26 bits per heavy atom. The molecule has 0 bridgehead atoms. The Balaban J connectivity index is 1.95. The van der Waals surface area contributed by atoms with Crippen molar-refractivity contribution in [2.45, 2.75) is 26.1 Å². The van der Waals surface area contributed by atoms with E-state index in [9.17, 15) is 9.59 Å². The number of morpholine rings is 1. The Kier molecular flexibility index (Phi) is 5.81. The Morgan fingerprint density at radius 2 is 1.91 bits per heavy atom. The van der Waals surface area contributed by atoms with Gasteiger partial charge in [0, 0.05) is 6.54 Å². The van der Waals surface area contributed by atoms with Gasteiger partial charge in [0.25, 0.3) is 5.91 Å². The van der Waals surface area contributed by atoms with Crippen LogP contribution in [0.3, 0.4) is 0 Å². The average Bonchev–Trinajstić information content (AvgIpc) is 2.53. The lowest BCUT2D eigenvalue weighted by atomic mass is 10.2. The molecule has 0 aliphatic carbocycles. The van der Waals surface area contributed by atoms with E-state index in [2.05, 4.69) is 0 Å². The lowest BCUT2D eigenvalue weighted by Crippen LogP contribution is -2.52. The van der Waals surface area contributed by atoms with Gasteiger partial charge in [-0.15, -0.1) is 0 Å². The number of carboxylic acid groups (broad SMARTS) is 1. The number of carbonyl (C=O) groups is 2. The second-order valence-electron chi connectivity index (χ2n) is 5.24. The molecule has 1 aliphatic rings. The van der Waals surface area contributed by atoms with Crippen molar-refractivity contribution in [1.82, 2.24) is 4.90 Å². The van der Waals surface area contributed by atoms with Gasteiger partial charge in [0.2, 0.25) is 0 Å². The van der Waals surface area contributed by atoms with Gasteiger partial charge >= 0.3 is 5.97 Å². The molecule has 1 N–H and O–H groups in total. The molecule has 1 unspecified atom stereocenters. The fraction of sp³-hybridized carbons (Fsp3) is 0.500. The second kappa shape index (κ2) is 7.82. The van der Waals surface area contributed by atoms with Gasteiger partial charge in [-0.3, -0.25) is 4.79 Å². The Morgan fingerprint density at radius 3 is 2.52 bits per heavy atom. The molecule has 1 fully saturated rings. The zero-order chi connectivity index (χ0) is 16.8. The van der Waals surface area contributed by atoms with Gasteiger partial charge in [-0.05, 0) is 26.0 Å². The van der Waals surface area contributed by atoms with Crippen LogP contribution in [-0.2, 0) is 14.3 Å². The third kappa shape index (κ3) is 4.59. The van der Waals surface area contributed by atoms with Crippen LogP contribution in [0.2, 0.25) is 0 Å². The summed E-state index contributed by atoms with van der Waals surface area (Å²) in [5.41, 5.74) is 0. The highest BCUT2D eigenvalue weighted by Gasteiger charge is 2.32. The SMILES string of the molecule is CCOc1ccccc1OCC(=O)N1CC(C(=O)O)O[C@H](C)C1. The number of carbonyl (C=O) groups excluding carboxylic acids is 1. The quantitative estimate of drug-likeness (QED) is 0.846. The summed E-state index contributed by atoms with van der Waals surface area (Å²) in [6.07, 6.45) is -1.33. The monoisotopic (exact) mass is 323 g/mol. The highest BCUT2D eigenvalue weighted by atomic mass is 16.5. The van der Waals surface area contributed by atoms with Crippen LogP contribution in [0.15, 0.2) is 24.3 Å². The van der Waals surface area contributed by atoms with Gasteiger partial charge in [-0.2, -0.15) is 0 Å². The number of para-hydroxylation sites is 2. The van der Waals surface area contributed by atoms with Gasteiger partial charge < -0.3 is 24.2 Å². The van der Waals surface area contributed by atoms with Crippen LogP contribution in [-0.4, -0.2) is 60.4 Å². The molecule has 7 nitrogen and oxygen atoms in total. The first-order valence-corrected chi connectivity index (χ1v) is 7.52. The first kappa shape index (κ1) is 17.1. The predicted octanol–water partition coefficient (Wildman–Crippen LogP) is 1.16. The van der Waals surface area contributed by atoms with Crippen molar-refractivity contribution in [3.8, 4) is 11.5 Å². The van der Waals surface area contributed by atoms with E-state index in [1.807, 2.05) is 13.0 Å². The second-order valence-corrected chi connectivity index (χ2v) is 5.24. The minimum atomic E-state index is -1.07. The summed E-state index contributed by atoms with van der Waals surface area (Å²) in [4.78, 5) is 24.8. The van der Waals surface area contributed by atoms with Crippen molar-refractivity contribution >= 4 is 11.9 Å². The minimum Gasteiger partial charge on any atom is -0.490 e. The molecule has 1 saturated heterocycles. The van der Waals surface area contributed by atoms with Crippen LogP contribution >= 0.6 is 0 Å². The number of carboxylic acids is 1. The molecule has 2 rings (SSSR count). The minimum absolute atomic E-state index is 0.0228. The Labute approximate surface area is 134 Å². The molecule has 1 heterocycles. The molecule has 0 spiro atoms. The molecule has 1 aromatic carbocycles. The molecule has 0 aromatic heterocycles. The topological polar surface area (TPSA) is 85.3 Å². The van der Waals surface area contributed by atoms with Gasteiger partial charge in [0.1, 0.15) is 0 Å². The van der Waals surface area contributed by atoms with Gasteiger partial charge in [-0.25, -0.2) is 4.79 Å². The zero-order valence-corrected chi connectivity index (χ0v) is 13.2. The number of aliphatic carboxylic acids is 1. The first-order chi connectivity index (χ1) is 11.0. The summed E-state index contributed by atoms with van der Waals surface area (Å²) in [5.74, 6) is -0.296. The maximum atomic E-state index is 12.3.